The number of rotatable bonds is 2. The minimum Gasteiger partial charge on any atom is -0.465 e. The van der Waals surface area contributed by atoms with Gasteiger partial charge in [0.05, 0.1) is 24.6 Å². The second-order valence-electron chi connectivity index (χ2n) is 2.91. The van der Waals surface area contributed by atoms with Crippen molar-refractivity contribution in [1.29, 1.82) is 0 Å². The second kappa shape index (κ2) is 4.28. The van der Waals surface area contributed by atoms with Crippen LogP contribution >= 0.6 is 11.6 Å². The molecule has 0 aliphatic rings. The molecule has 0 aromatic carbocycles. The van der Waals surface area contributed by atoms with E-state index in [1.807, 2.05) is 14.1 Å². The summed E-state index contributed by atoms with van der Waals surface area (Å²) in [6.45, 7) is 0. The Kier molecular flexibility index (Phi) is 3.30. The monoisotopic (exact) mass is 214 g/mol. The standard InChI is InChI=1S/C9H11ClN2O2/c1-12(2)7-5-11-8(10)4-6(7)9(13)14-3/h4-5H,1-3H3. The van der Waals surface area contributed by atoms with Gasteiger partial charge in [-0.25, -0.2) is 9.78 Å². The third-order valence-corrected chi connectivity index (χ3v) is 1.94. The number of methoxy groups -OCH3 is 1. The van der Waals surface area contributed by atoms with Gasteiger partial charge in [-0.05, 0) is 6.07 Å². The van der Waals surface area contributed by atoms with Gasteiger partial charge in [0.2, 0.25) is 0 Å². The number of halogens is 1. The van der Waals surface area contributed by atoms with E-state index in [0.717, 1.165) is 0 Å². The summed E-state index contributed by atoms with van der Waals surface area (Å²) in [6.07, 6.45) is 1.54. The van der Waals surface area contributed by atoms with Gasteiger partial charge in [-0.3, -0.25) is 0 Å². The zero-order valence-corrected chi connectivity index (χ0v) is 9.00. The third-order valence-electron chi connectivity index (χ3n) is 1.74. The Morgan fingerprint density at radius 3 is 2.71 bits per heavy atom. The Hall–Kier alpha value is -1.29. The maximum Gasteiger partial charge on any atom is 0.340 e. The topological polar surface area (TPSA) is 42.4 Å². The van der Waals surface area contributed by atoms with Crippen molar-refractivity contribution in [1.82, 2.24) is 4.98 Å². The highest BCUT2D eigenvalue weighted by Crippen LogP contribution is 2.20. The summed E-state index contributed by atoms with van der Waals surface area (Å²) >= 11 is 5.69. The van der Waals surface area contributed by atoms with Gasteiger partial charge in [0.1, 0.15) is 5.15 Å². The molecule has 0 amide bonds. The van der Waals surface area contributed by atoms with Gasteiger partial charge in [-0.1, -0.05) is 11.6 Å². The lowest BCUT2D eigenvalue weighted by atomic mass is 10.2. The van der Waals surface area contributed by atoms with E-state index in [-0.39, 0.29) is 5.15 Å². The van der Waals surface area contributed by atoms with Gasteiger partial charge >= 0.3 is 5.97 Å². The van der Waals surface area contributed by atoms with Crippen LogP contribution in [0.4, 0.5) is 5.69 Å². The second-order valence-corrected chi connectivity index (χ2v) is 3.30. The van der Waals surface area contributed by atoms with Crippen molar-refractivity contribution in [3.05, 3.63) is 23.0 Å². The van der Waals surface area contributed by atoms with Crippen molar-refractivity contribution >= 4 is 23.3 Å². The first-order valence-corrected chi connectivity index (χ1v) is 4.35. The van der Waals surface area contributed by atoms with Crippen molar-refractivity contribution in [3.63, 3.8) is 0 Å². The van der Waals surface area contributed by atoms with Crippen molar-refractivity contribution in [3.8, 4) is 0 Å². The summed E-state index contributed by atoms with van der Waals surface area (Å²) in [6, 6.07) is 1.49. The van der Waals surface area contributed by atoms with Crippen molar-refractivity contribution < 1.29 is 9.53 Å². The zero-order valence-electron chi connectivity index (χ0n) is 8.24. The fourth-order valence-electron chi connectivity index (χ4n) is 1.05. The number of esters is 1. The number of anilines is 1. The Morgan fingerprint density at radius 2 is 2.21 bits per heavy atom. The molecule has 0 aliphatic carbocycles. The van der Waals surface area contributed by atoms with E-state index < -0.39 is 5.97 Å². The van der Waals surface area contributed by atoms with E-state index in [2.05, 4.69) is 9.72 Å². The molecule has 0 unspecified atom stereocenters. The lowest BCUT2D eigenvalue weighted by Gasteiger charge is -2.15. The molecule has 0 bridgehead atoms. The summed E-state index contributed by atoms with van der Waals surface area (Å²) in [4.78, 5) is 17.0. The highest BCUT2D eigenvalue weighted by Gasteiger charge is 2.14. The number of ether oxygens (including phenoxy) is 1. The average molecular weight is 215 g/mol. The number of carbonyl (C=O) groups excluding carboxylic acids is 1. The zero-order chi connectivity index (χ0) is 10.7. The van der Waals surface area contributed by atoms with E-state index in [0.29, 0.717) is 11.3 Å². The van der Waals surface area contributed by atoms with E-state index in [4.69, 9.17) is 11.6 Å². The van der Waals surface area contributed by atoms with E-state index in [1.165, 1.54) is 19.4 Å². The Morgan fingerprint density at radius 1 is 1.57 bits per heavy atom. The van der Waals surface area contributed by atoms with Gasteiger partial charge in [-0.15, -0.1) is 0 Å². The van der Waals surface area contributed by atoms with E-state index >= 15 is 0 Å². The van der Waals surface area contributed by atoms with Crippen molar-refractivity contribution in [2.45, 2.75) is 0 Å². The van der Waals surface area contributed by atoms with Gasteiger partial charge in [-0.2, -0.15) is 0 Å². The van der Waals surface area contributed by atoms with Crippen LogP contribution < -0.4 is 4.90 Å². The summed E-state index contributed by atoms with van der Waals surface area (Å²) in [5, 5.41) is 0.274. The maximum atomic E-state index is 11.4. The molecule has 0 fully saturated rings. The highest BCUT2D eigenvalue weighted by atomic mass is 35.5. The van der Waals surface area contributed by atoms with Crippen LogP contribution in [0, 0.1) is 0 Å². The molecule has 1 aromatic rings. The Bertz CT molecular complexity index is 353. The number of aromatic nitrogens is 1. The number of hydrogen-bond donors (Lipinski definition) is 0. The molecular weight excluding hydrogens is 204 g/mol. The summed E-state index contributed by atoms with van der Waals surface area (Å²) in [7, 11) is 4.96. The first-order valence-electron chi connectivity index (χ1n) is 3.97. The fraction of sp³-hybridized carbons (Fsp3) is 0.333. The molecular formula is C9H11ClN2O2. The minimum absolute atomic E-state index is 0.274. The van der Waals surface area contributed by atoms with Crippen LogP contribution in [0.2, 0.25) is 5.15 Å². The SMILES string of the molecule is COC(=O)c1cc(Cl)ncc1N(C)C. The predicted molar refractivity (Wildman–Crippen MR) is 54.9 cm³/mol. The van der Waals surface area contributed by atoms with Gasteiger partial charge < -0.3 is 9.64 Å². The molecule has 4 nitrogen and oxygen atoms in total. The van der Waals surface area contributed by atoms with Gasteiger partial charge in [0.15, 0.2) is 0 Å². The van der Waals surface area contributed by atoms with Crippen LogP contribution in [0.25, 0.3) is 0 Å². The maximum absolute atomic E-state index is 11.4. The summed E-state index contributed by atoms with van der Waals surface area (Å²) in [5.41, 5.74) is 1.10. The number of carbonyl (C=O) groups is 1. The molecule has 0 N–H and O–H groups in total. The third kappa shape index (κ3) is 2.14. The lowest BCUT2D eigenvalue weighted by Crippen LogP contribution is -2.15. The molecule has 0 saturated heterocycles. The number of nitrogens with zero attached hydrogens (tertiary/aromatic N) is 2. The molecule has 14 heavy (non-hydrogen) atoms. The molecule has 0 aliphatic heterocycles. The molecule has 0 saturated carbocycles. The molecule has 0 spiro atoms. The van der Waals surface area contributed by atoms with Crippen molar-refractivity contribution in [2.75, 3.05) is 26.1 Å². The highest BCUT2D eigenvalue weighted by molar-refractivity contribution is 6.29. The minimum atomic E-state index is -0.419. The van der Waals surface area contributed by atoms with Crippen LogP contribution in [0.3, 0.4) is 0 Å². The number of pyridine rings is 1. The predicted octanol–water partition coefficient (Wildman–Crippen LogP) is 1.59. The summed E-state index contributed by atoms with van der Waals surface area (Å²) < 4.78 is 4.63. The quantitative estimate of drug-likeness (QED) is 0.554. The van der Waals surface area contributed by atoms with Crippen LogP contribution in [0.1, 0.15) is 10.4 Å². The largest absolute Gasteiger partial charge is 0.465 e. The van der Waals surface area contributed by atoms with E-state index in [9.17, 15) is 4.79 Å². The Balaban J connectivity index is 3.22. The normalized spacial score (nSPS) is 9.71. The molecule has 1 rings (SSSR count). The lowest BCUT2D eigenvalue weighted by molar-refractivity contribution is 0.0601. The Labute approximate surface area is 87.4 Å². The van der Waals surface area contributed by atoms with Crippen LogP contribution in [-0.4, -0.2) is 32.2 Å². The molecule has 0 atom stereocenters. The van der Waals surface area contributed by atoms with Crippen molar-refractivity contribution in [2.24, 2.45) is 0 Å². The van der Waals surface area contributed by atoms with Gasteiger partial charge in [0, 0.05) is 14.1 Å². The first-order chi connectivity index (χ1) is 6.56. The van der Waals surface area contributed by atoms with Crippen LogP contribution in [0.15, 0.2) is 12.3 Å². The van der Waals surface area contributed by atoms with Gasteiger partial charge in [0.25, 0.3) is 0 Å². The first kappa shape index (κ1) is 10.8. The number of hydrogen-bond acceptors (Lipinski definition) is 4. The molecule has 1 heterocycles. The van der Waals surface area contributed by atoms with Crippen LogP contribution in [0.5, 0.6) is 0 Å². The molecule has 76 valence electrons. The fourth-order valence-corrected chi connectivity index (χ4v) is 1.21. The summed E-state index contributed by atoms with van der Waals surface area (Å²) in [5.74, 6) is -0.419. The molecule has 1 aromatic heterocycles. The average Bonchev–Trinajstić information content (AvgIpc) is 2.16. The van der Waals surface area contributed by atoms with E-state index in [1.54, 1.807) is 4.90 Å². The molecule has 5 heteroatoms. The molecule has 0 radical (unpaired) electrons. The van der Waals surface area contributed by atoms with Crippen LogP contribution in [-0.2, 0) is 4.74 Å². The smallest absolute Gasteiger partial charge is 0.340 e.